The number of carbonyl (C=O) groups excluding carboxylic acids is 1. The standard InChI is InChI=1S/C10H11Cl3N2O/c11-3-5-15(6-4-12)10(16)9-2-1-8(13)7-14-9/h1-2,7H,3-6H2. The lowest BCUT2D eigenvalue weighted by molar-refractivity contribution is 0.0769. The van der Waals surface area contributed by atoms with E-state index >= 15 is 0 Å². The predicted molar refractivity (Wildman–Crippen MR) is 66.6 cm³/mol. The average Bonchev–Trinajstić information content (AvgIpc) is 2.29. The third-order valence-electron chi connectivity index (χ3n) is 1.94. The molecule has 0 aliphatic carbocycles. The first-order chi connectivity index (χ1) is 7.69. The van der Waals surface area contributed by atoms with E-state index in [1.54, 1.807) is 17.0 Å². The molecule has 0 spiro atoms. The Morgan fingerprint density at radius 1 is 1.25 bits per heavy atom. The highest BCUT2D eigenvalue weighted by Gasteiger charge is 2.15. The van der Waals surface area contributed by atoms with Crippen molar-refractivity contribution < 1.29 is 4.79 Å². The minimum atomic E-state index is -0.182. The third kappa shape index (κ3) is 3.81. The van der Waals surface area contributed by atoms with Gasteiger partial charge < -0.3 is 4.90 Å². The average molecular weight is 282 g/mol. The number of hydrogen-bond acceptors (Lipinski definition) is 2. The molecule has 0 saturated heterocycles. The van der Waals surface area contributed by atoms with Gasteiger partial charge in [0.15, 0.2) is 0 Å². The lowest BCUT2D eigenvalue weighted by Gasteiger charge is -2.19. The van der Waals surface area contributed by atoms with Crippen LogP contribution in [0, 0.1) is 0 Å². The molecular weight excluding hydrogens is 270 g/mol. The van der Waals surface area contributed by atoms with Gasteiger partial charge in [-0.05, 0) is 12.1 Å². The van der Waals surface area contributed by atoms with E-state index in [-0.39, 0.29) is 5.91 Å². The molecule has 0 aliphatic heterocycles. The zero-order chi connectivity index (χ0) is 12.0. The van der Waals surface area contributed by atoms with Gasteiger partial charge in [-0.3, -0.25) is 4.79 Å². The molecule has 88 valence electrons. The summed E-state index contributed by atoms with van der Waals surface area (Å²) < 4.78 is 0. The van der Waals surface area contributed by atoms with Crippen LogP contribution in [-0.2, 0) is 0 Å². The smallest absolute Gasteiger partial charge is 0.272 e. The molecule has 0 N–H and O–H groups in total. The lowest BCUT2D eigenvalue weighted by Crippen LogP contribution is -2.34. The molecule has 0 radical (unpaired) electrons. The number of nitrogens with zero attached hydrogens (tertiary/aromatic N) is 2. The molecular formula is C10H11Cl3N2O. The van der Waals surface area contributed by atoms with E-state index in [2.05, 4.69) is 4.98 Å². The van der Waals surface area contributed by atoms with Gasteiger partial charge >= 0.3 is 0 Å². The van der Waals surface area contributed by atoms with Gasteiger partial charge in [-0.25, -0.2) is 4.98 Å². The predicted octanol–water partition coefficient (Wildman–Crippen LogP) is 2.65. The Morgan fingerprint density at radius 3 is 2.31 bits per heavy atom. The van der Waals surface area contributed by atoms with Crippen LogP contribution >= 0.6 is 34.8 Å². The van der Waals surface area contributed by atoms with E-state index in [1.807, 2.05) is 0 Å². The summed E-state index contributed by atoms with van der Waals surface area (Å²) in [4.78, 5) is 17.5. The summed E-state index contributed by atoms with van der Waals surface area (Å²) in [6, 6.07) is 3.21. The Kier molecular flexibility index (Phi) is 5.88. The van der Waals surface area contributed by atoms with Gasteiger partial charge in [0.25, 0.3) is 5.91 Å². The number of aromatic nitrogens is 1. The summed E-state index contributed by atoms with van der Waals surface area (Å²) in [7, 11) is 0. The largest absolute Gasteiger partial charge is 0.335 e. The molecule has 0 fully saturated rings. The fraction of sp³-hybridized carbons (Fsp3) is 0.400. The van der Waals surface area contributed by atoms with Crippen LogP contribution in [0.25, 0.3) is 0 Å². The molecule has 1 aromatic rings. The molecule has 0 unspecified atom stereocenters. The zero-order valence-corrected chi connectivity index (χ0v) is 10.8. The summed E-state index contributed by atoms with van der Waals surface area (Å²) in [5, 5.41) is 0.498. The molecule has 0 aromatic carbocycles. The van der Waals surface area contributed by atoms with Crippen molar-refractivity contribution >= 4 is 40.7 Å². The van der Waals surface area contributed by atoms with Crippen LogP contribution < -0.4 is 0 Å². The highest BCUT2D eigenvalue weighted by molar-refractivity contribution is 6.30. The summed E-state index contributed by atoms with van der Waals surface area (Å²) in [5.41, 5.74) is 0.347. The number of amides is 1. The van der Waals surface area contributed by atoms with Crippen LogP contribution in [0.1, 0.15) is 10.5 Å². The Hall–Kier alpha value is -0.510. The Balaban J connectivity index is 2.77. The SMILES string of the molecule is O=C(c1ccc(Cl)cn1)N(CCCl)CCCl. The number of hydrogen-bond donors (Lipinski definition) is 0. The number of halogens is 3. The van der Waals surface area contributed by atoms with Crippen molar-refractivity contribution in [2.75, 3.05) is 24.8 Å². The van der Waals surface area contributed by atoms with E-state index in [9.17, 15) is 4.79 Å². The van der Waals surface area contributed by atoms with Gasteiger partial charge in [-0.2, -0.15) is 0 Å². The van der Waals surface area contributed by atoms with Crippen molar-refractivity contribution in [3.05, 3.63) is 29.0 Å². The maximum Gasteiger partial charge on any atom is 0.272 e. The van der Waals surface area contributed by atoms with E-state index < -0.39 is 0 Å². The molecule has 0 atom stereocenters. The molecule has 1 rings (SSSR count). The monoisotopic (exact) mass is 280 g/mol. The Labute approximate surface area is 109 Å². The van der Waals surface area contributed by atoms with Crippen molar-refractivity contribution in [2.45, 2.75) is 0 Å². The van der Waals surface area contributed by atoms with Crippen LogP contribution in [0.15, 0.2) is 18.3 Å². The second-order valence-corrected chi connectivity index (χ2v) is 4.22. The molecule has 0 aliphatic rings. The van der Waals surface area contributed by atoms with E-state index in [0.29, 0.717) is 35.6 Å². The number of alkyl halides is 2. The first kappa shape index (κ1) is 13.6. The molecule has 16 heavy (non-hydrogen) atoms. The van der Waals surface area contributed by atoms with Gasteiger partial charge in [0, 0.05) is 31.0 Å². The molecule has 1 aromatic heterocycles. The minimum Gasteiger partial charge on any atom is -0.335 e. The summed E-state index contributed by atoms with van der Waals surface area (Å²) in [5.74, 6) is 0.560. The van der Waals surface area contributed by atoms with Gasteiger partial charge in [0.05, 0.1) is 5.02 Å². The number of rotatable bonds is 5. The van der Waals surface area contributed by atoms with Crippen molar-refractivity contribution in [1.29, 1.82) is 0 Å². The highest BCUT2D eigenvalue weighted by Crippen LogP contribution is 2.08. The van der Waals surface area contributed by atoms with Gasteiger partial charge in [0.2, 0.25) is 0 Å². The molecule has 3 nitrogen and oxygen atoms in total. The molecule has 1 amide bonds. The Bertz CT molecular complexity index is 336. The summed E-state index contributed by atoms with van der Waals surface area (Å²) >= 11 is 16.9. The van der Waals surface area contributed by atoms with Crippen molar-refractivity contribution in [3.8, 4) is 0 Å². The van der Waals surface area contributed by atoms with E-state index in [0.717, 1.165) is 0 Å². The quantitative estimate of drug-likeness (QED) is 0.778. The first-order valence-corrected chi connectivity index (χ1v) is 6.16. The van der Waals surface area contributed by atoms with Crippen LogP contribution in [0.5, 0.6) is 0 Å². The zero-order valence-electron chi connectivity index (χ0n) is 8.50. The van der Waals surface area contributed by atoms with Gasteiger partial charge in [-0.15, -0.1) is 23.2 Å². The molecule has 6 heteroatoms. The molecule has 0 saturated carbocycles. The lowest BCUT2D eigenvalue weighted by atomic mass is 10.3. The van der Waals surface area contributed by atoms with Crippen molar-refractivity contribution in [3.63, 3.8) is 0 Å². The van der Waals surface area contributed by atoms with Crippen LogP contribution in [0.2, 0.25) is 5.02 Å². The van der Waals surface area contributed by atoms with Crippen LogP contribution in [-0.4, -0.2) is 40.6 Å². The Morgan fingerprint density at radius 2 is 1.88 bits per heavy atom. The van der Waals surface area contributed by atoms with Gasteiger partial charge in [0.1, 0.15) is 5.69 Å². The van der Waals surface area contributed by atoms with Crippen molar-refractivity contribution in [2.24, 2.45) is 0 Å². The maximum absolute atomic E-state index is 11.9. The fourth-order valence-corrected chi connectivity index (χ4v) is 1.70. The second-order valence-electron chi connectivity index (χ2n) is 3.03. The normalized spacial score (nSPS) is 10.2. The van der Waals surface area contributed by atoms with Crippen LogP contribution in [0.3, 0.4) is 0 Å². The summed E-state index contributed by atoms with van der Waals surface area (Å²) in [6.07, 6.45) is 1.44. The van der Waals surface area contributed by atoms with Gasteiger partial charge in [-0.1, -0.05) is 11.6 Å². The van der Waals surface area contributed by atoms with Crippen LogP contribution in [0.4, 0.5) is 0 Å². The first-order valence-electron chi connectivity index (χ1n) is 4.71. The van der Waals surface area contributed by atoms with Crippen molar-refractivity contribution in [1.82, 2.24) is 9.88 Å². The summed E-state index contributed by atoms with van der Waals surface area (Å²) in [6.45, 7) is 0.912. The number of pyridine rings is 1. The third-order valence-corrected chi connectivity index (χ3v) is 2.50. The minimum absolute atomic E-state index is 0.182. The fourth-order valence-electron chi connectivity index (χ4n) is 1.18. The highest BCUT2D eigenvalue weighted by atomic mass is 35.5. The maximum atomic E-state index is 11.9. The second kappa shape index (κ2) is 6.94. The number of carbonyl (C=O) groups is 1. The molecule has 0 bridgehead atoms. The van der Waals surface area contributed by atoms with E-state index in [1.165, 1.54) is 6.20 Å². The molecule has 1 heterocycles. The topological polar surface area (TPSA) is 33.2 Å². The van der Waals surface area contributed by atoms with E-state index in [4.69, 9.17) is 34.8 Å².